The molecule has 5 nitrogen and oxygen atoms in total. The Bertz CT molecular complexity index is 401. The average molecular weight is 252 g/mol. The first kappa shape index (κ1) is 13.4. The number of nitrogen functional groups attached to an aromatic ring is 1. The SMILES string of the molecule is COC(=O)c1cc(N)cn1CCOC(F)(F)F. The largest absolute Gasteiger partial charge is 0.522 e. The fraction of sp³-hybridized carbons (Fsp3) is 0.444. The van der Waals surface area contributed by atoms with Gasteiger partial charge in [-0.1, -0.05) is 0 Å². The van der Waals surface area contributed by atoms with Crippen molar-refractivity contribution in [2.45, 2.75) is 12.9 Å². The Kier molecular flexibility index (Phi) is 4.00. The second kappa shape index (κ2) is 5.09. The molecule has 0 radical (unpaired) electrons. The van der Waals surface area contributed by atoms with Crippen molar-refractivity contribution in [3.05, 3.63) is 18.0 Å². The number of ether oxygens (including phenoxy) is 2. The van der Waals surface area contributed by atoms with Gasteiger partial charge < -0.3 is 15.0 Å². The van der Waals surface area contributed by atoms with Gasteiger partial charge in [-0.25, -0.2) is 4.79 Å². The van der Waals surface area contributed by atoms with Gasteiger partial charge in [-0.15, -0.1) is 13.2 Å². The lowest BCUT2D eigenvalue weighted by Gasteiger charge is -2.09. The van der Waals surface area contributed by atoms with Gasteiger partial charge in [-0.2, -0.15) is 0 Å². The number of nitrogens with zero attached hydrogens (tertiary/aromatic N) is 1. The van der Waals surface area contributed by atoms with Gasteiger partial charge in [0.05, 0.1) is 19.4 Å². The highest BCUT2D eigenvalue weighted by Gasteiger charge is 2.28. The lowest BCUT2D eigenvalue weighted by molar-refractivity contribution is -0.325. The molecule has 1 rings (SSSR count). The molecule has 0 aliphatic rings. The lowest BCUT2D eigenvalue weighted by atomic mass is 10.4. The van der Waals surface area contributed by atoms with Gasteiger partial charge in [-0.05, 0) is 6.07 Å². The molecule has 0 unspecified atom stereocenters. The van der Waals surface area contributed by atoms with Gasteiger partial charge in [-0.3, -0.25) is 4.74 Å². The minimum atomic E-state index is -4.69. The van der Waals surface area contributed by atoms with Crippen molar-refractivity contribution in [1.29, 1.82) is 0 Å². The van der Waals surface area contributed by atoms with E-state index in [2.05, 4.69) is 9.47 Å². The van der Waals surface area contributed by atoms with E-state index in [-0.39, 0.29) is 17.9 Å². The van der Waals surface area contributed by atoms with Crippen LogP contribution in [0.4, 0.5) is 18.9 Å². The number of halogens is 3. The zero-order valence-corrected chi connectivity index (χ0v) is 8.95. The molecule has 0 amide bonds. The number of aromatic nitrogens is 1. The topological polar surface area (TPSA) is 66.5 Å². The van der Waals surface area contributed by atoms with E-state index in [4.69, 9.17) is 5.73 Å². The summed E-state index contributed by atoms with van der Waals surface area (Å²) in [5.41, 5.74) is 5.78. The molecular weight excluding hydrogens is 241 g/mol. The molecule has 1 aromatic heterocycles. The van der Waals surface area contributed by atoms with Crippen molar-refractivity contribution in [3.63, 3.8) is 0 Å². The van der Waals surface area contributed by atoms with Gasteiger partial charge in [0.1, 0.15) is 5.69 Å². The van der Waals surface area contributed by atoms with E-state index in [1.54, 1.807) is 0 Å². The van der Waals surface area contributed by atoms with E-state index in [0.29, 0.717) is 0 Å². The molecule has 0 spiro atoms. The standard InChI is InChI=1S/C9H11F3N2O3/c1-16-8(15)7-4-6(13)5-14(7)2-3-17-9(10,11)12/h4-5H,2-3,13H2,1H3. The monoisotopic (exact) mass is 252 g/mol. The zero-order chi connectivity index (χ0) is 13.1. The van der Waals surface area contributed by atoms with Crippen molar-refractivity contribution in [3.8, 4) is 0 Å². The first-order valence-corrected chi connectivity index (χ1v) is 4.58. The summed E-state index contributed by atoms with van der Waals surface area (Å²) in [5, 5.41) is 0. The van der Waals surface area contributed by atoms with E-state index in [1.165, 1.54) is 23.9 Å². The van der Waals surface area contributed by atoms with Gasteiger partial charge in [0.2, 0.25) is 0 Å². The lowest BCUT2D eigenvalue weighted by Crippen LogP contribution is -2.19. The van der Waals surface area contributed by atoms with Crippen LogP contribution in [0.2, 0.25) is 0 Å². The second-order valence-corrected chi connectivity index (χ2v) is 3.14. The maximum absolute atomic E-state index is 11.7. The molecule has 0 aliphatic heterocycles. The number of hydrogen-bond donors (Lipinski definition) is 1. The van der Waals surface area contributed by atoms with Crippen LogP contribution >= 0.6 is 0 Å². The zero-order valence-electron chi connectivity index (χ0n) is 8.95. The fourth-order valence-electron chi connectivity index (χ4n) is 1.25. The fourth-order valence-corrected chi connectivity index (χ4v) is 1.25. The molecule has 1 aromatic rings. The summed E-state index contributed by atoms with van der Waals surface area (Å²) < 4.78 is 44.5. The molecule has 0 aromatic carbocycles. The molecule has 0 aliphatic carbocycles. The summed E-state index contributed by atoms with van der Waals surface area (Å²) in [6.07, 6.45) is -3.35. The Labute approximate surface area is 94.9 Å². The second-order valence-electron chi connectivity index (χ2n) is 3.14. The van der Waals surface area contributed by atoms with Gasteiger partial charge in [0.15, 0.2) is 0 Å². The Hall–Kier alpha value is -1.70. The van der Waals surface area contributed by atoms with Crippen molar-refractivity contribution in [2.24, 2.45) is 0 Å². The summed E-state index contributed by atoms with van der Waals surface area (Å²) in [6.45, 7) is -0.761. The molecule has 96 valence electrons. The highest BCUT2D eigenvalue weighted by Crippen LogP contribution is 2.17. The summed E-state index contributed by atoms with van der Waals surface area (Å²) in [4.78, 5) is 11.2. The number of carbonyl (C=O) groups excluding carboxylic acids is 1. The van der Waals surface area contributed by atoms with Crippen LogP contribution in [0, 0.1) is 0 Å². The Morgan fingerprint density at radius 2 is 2.18 bits per heavy atom. The van der Waals surface area contributed by atoms with Gasteiger partial charge in [0.25, 0.3) is 0 Å². The Morgan fingerprint density at radius 3 is 2.71 bits per heavy atom. The number of alkyl halides is 3. The predicted octanol–water partition coefficient (Wildman–Crippen LogP) is 1.39. The van der Waals surface area contributed by atoms with Crippen molar-refractivity contribution < 1.29 is 27.4 Å². The van der Waals surface area contributed by atoms with Crippen molar-refractivity contribution in [2.75, 3.05) is 19.5 Å². The normalized spacial score (nSPS) is 11.5. The Balaban J connectivity index is 2.67. The molecule has 0 fully saturated rings. The summed E-state index contributed by atoms with van der Waals surface area (Å²) in [7, 11) is 1.17. The number of anilines is 1. The molecule has 1 heterocycles. The van der Waals surface area contributed by atoms with Crippen LogP contribution < -0.4 is 5.73 Å². The molecule has 8 heteroatoms. The maximum Gasteiger partial charge on any atom is 0.522 e. The van der Waals surface area contributed by atoms with E-state index in [9.17, 15) is 18.0 Å². The molecule has 0 saturated heterocycles. The van der Waals surface area contributed by atoms with Crippen LogP contribution in [-0.4, -0.2) is 30.6 Å². The Morgan fingerprint density at radius 1 is 1.53 bits per heavy atom. The summed E-state index contributed by atoms with van der Waals surface area (Å²) in [5.74, 6) is -0.672. The van der Waals surface area contributed by atoms with E-state index >= 15 is 0 Å². The average Bonchev–Trinajstić information content (AvgIpc) is 2.57. The van der Waals surface area contributed by atoms with Gasteiger partial charge in [0, 0.05) is 12.7 Å². The predicted molar refractivity (Wildman–Crippen MR) is 52.2 cm³/mol. The third-order valence-electron chi connectivity index (χ3n) is 1.91. The van der Waals surface area contributed by atoms with Crippen LogP contribution in [0.25, 0.3) is 0 Å². The number of esters is 1. The minimum Gasteiger partial charge on any atom is -0.464 e. The van der Waals surface area contributed by atoms with Crippen LogP contribution in [0.3, 0.4) is 0 Å². The molecule has 0 atom stereocenters. The van der Waals surface area contributed by atoms with Crippen LogP contribution in [-0.2, 0) is 16.0 Å². The highest BCUT2D eigenvalue weighted by molar-refractivity contribution is 5.88. The van der Waals surface area contributed by atoms with E-state index in [1.807, 2.05) is 0 Å². The number of rotatable bonds is 4. The number of methoxy groups -OCH3 is 1. The van der Waals surface area contributed by atoms with Crippen LogP contribution in [0.1, 0.15) is 10.5 Å². The first-order chi connectivity index (χ1) is 7.83. The quantitative estimate of drug-likeness (QED) is 0.822. The molecule has 0 saturated carbocycles. The summed E-state index contributed by atoms with van der Waals surface area (Å²) in [6, 6.07) is 1.32. The maximum atomic E-state index is 11.7. The van der Waals surface area contributed by atoms with Crippen LogP contribution in [0.15, 0.2) is 12.3 Å². The van der Waals surface area contributed by atoms with E-state index < -0.39 is 18.9 Å². The molecule has 0 bridgehead atoms. The number of carbonyl (C=O) groups is 1. The first-order valence-electron chi connectivity index (χ1n) is 4.58. The van der Waals surface area contributed by atoms with E-state index in [0.717, 1.165) is 0 Å². The van der Waals surface area contributed by atoms with Gasteiger partial charge >= 0.3 is 12.3 Å². The smallest absolute Gasteiger partial charge is 0.464 e. The van der Waals surface area contributed by atoms with Crippen molar-refractivity contribution in [1.82, 2.24) is 4.57 Å². The minimum absolute atomic E-state index is 0.0794. The molecule has 17 heavy (non-hydrogen) atoms. The number of nitrogens with two attached hydrogens (primary N) is 1. The number of hydrogen-bond acceptors (Lipinski definition) is 4. The van der Waals surface area contributed by atoms with Crippen LogP contribution in [0.5, 0.6) is 0 Å². The summed E-state index contributed by atoms with van der Waals surface area (Å²) >= 11 is 0. The molecular formula is C9H11F3N2O3. The van der Waals surface area contributed by atoms with Crippen molar-refractivity contribution >= 4 is 11.7 Å². The third kappa shape index (κ3) is 3.99. The highest BCUT2D eigenvalue weighted by atomic mass is 19.4. The molecule has 2 N–H and O–H groups in total. The third-order valence-corrected chi connectivity index (χ3v) is 1.91.